The Morgan fingerprint density at radius 3 is 2.13 bits per heavy atom. The average molecular weight is 205 g/mol. The quantitative estimate of drug-likeness (QED) is 0.724. The van der Waals surface area contributed by atoms with Crippen LogP contribution in [0.4, 0.5) is 0 Å². The van der Waals surface area contributed by atoms with Crippen molar-refractivity contribution < 1.29 is 0 Å². The minimum Gasteiger partial charge on any atom is -0.294 e. The maximum atomic E-state index is 2.53. The summed E-state index contributed by atoms with van der Waals surface area (Å²) in [7, 11) is 0. The number of nitrogens with zero attached hydrogens (tertiary/aromatic N) is 1. The fraction of sp³-hybridized carbons (Fsp3) is 0.571. The summed E-state index contributed by atoms with van der Waals surface area (Å²) in [5.41, 5.74) is 1.66. The zero-order valence-corrected chi connectivity index (χ0v) is 10.5. The molecule has 0 saturated heterocycles. The summed E-state index contributed by atoms with van der Waals surface area (Å²) in [4.78, 5) is 2.53. The minimum absolute atomic E-state index is 0.256. The van der Waals surface area contributed by atoms with Crippen LogP contribution in [0, 0.1) is 0 Å². The molecule has 84 valence electrons. The predicted octanol–water partition coefficient (Wildman–Crippen LogP) is 3.70. The van der Waals surface area contributed by atoms with Gasteiger partial charge in [0.25, 0.3) is 0 Å². The lowest BCUT2D eigenvalue weighted by Gasteiger charge is -2.35. The molecular weight excluding hydrogens is 182 g/mol. The Balaban J connectivity index is 2.67. The molecule has 15 heavy (non-hydrogen) atoms. The molecule has 1 aromatic carbocycles. The Kier molecular flexibility index (Phi) is 4.34. The largest absolute Gasteiger partial charge is 0.294 e. The first kappa shape index (κ1) is 12.3. The molecule has 0 saturated carbocycles. The fourth-order valence-electron chi connectivity index (χ4n) is 1.73. The van der Waals surface area contributed by atoms with Gasteiger partial charge in [-0.2, -0.15) is 0 Å². The molecule has 0 N–H and O–H groups in total. The molecule has 1 nitrogen and oxygen atoms in total. The molecule has 0 spiro atoms. The monoisotopic (exact) mass is 205 g/mol. The van der Waals surface area contributed by atoms with Crippen LogP contribution in [0.2, 0.25) is 0 Å². The first-order valence-corrected chi connectivity index (χ1v) is 5.83. The van der Waals surface area contributed by atoms with Gasteiger partial charge in [0.1, 0.15) is 0 Å². The summed E-state index contributed by atoms with van der Waals surface area (Å²) in [6, 6.07) is 10.7. The number of hydrogen-bond donors (Lipinski definition) is 0. The topological polar surface area (TPSA) is 3.24 Å². The predicted molar refractivity (Wildman–Crippen MR) is 66.9 cm³/mol. The molecule has 0 radical (unpaired) electrons. The van der Waals surface area contributed by atoms with Crippen molar-refractivity contribution >= 4 is 0 Å². The second-order valence-electron chi connectivity index (χ2n) is 5.08. The van der Waals surface area contributed by atoms with Crippen molar-refractivity contribution in [1.29, 1.82) is 0 Å². The number of hydrogen-bond acceptors (Lipinski definition) is 1. The molecule has 0 fully saturated rings. The molecular formula is C14H23N. The van der Waals surface area contributed by atoms with Crippen LogP contribution in [0.25, 0.3) is 0 Å². The molecule has 0 bridgehead atoms. The molecule has 1 rings (SSSR count). The second-order valence-corrected chi connectivity index (χ2v) is 5.08. The lowest BCUT2D eigenvalue weighted by molar-refractivity contribution is 0.128. The van der Waals surface area contributed by atoms with E-state index in [-0.39, 0.29) is 5.54 Å². The highest BCUT2D eigenvalue weighted by molar-refractivity contribution is 5.14. The summed E-state index contributed by atoms with van der Waals surface area (Å²) < 4.78 is 0. The average Bonchev–Trinajstić information content (AvgIpc) is 2.17. The number of rotatable bonds is 4. The van der Waals surface area contributed by atoms with E-state index in [1.54, 1.807) is 0 Å². The van der Waals surface area contributed by atoms with Crippen LogP contribution in [0.1, 0.15) is 39.7 Å². The highest BCUT2D eigenvalue weighted by Crippen LogP contribution is 2.17. The maximum Gasteiger partial charge on any atom is 0.0238 e. The third kappa shape index (κ3) is 4.05. The first-order valence-electron chi connectivity index (χ1n) is 5.83. The van der Waals surface area contributed by atoms with Gasteiger partial charge in [-0.3, -0.25) is 4.90 Å². The van der Waals surface area contributed by atoms with Gasteiger partial charge in [0.05, 0.1) is 0 Å². The van der Waals surface area contributed by atoms with Gasteiger partial charge in [-0.1, -0.05) is 37.3 Å². The lowest BCUT2D eigenvalue weighted by Crippen LogP contribution is -2.41. The SMILES string of the molecule is CCCN(Cc1ccccc1)C(C)(C)C. The maximum absolute atomic E-state index is 2.53. The summed E-state index contributed by atoms with van der Waals surface area (Å²) in [6.45, 7) is 11.3. The van der Waals surface area contributed by atoms with Gasteiger partial charge in [-0.15, -0.1) is 0 Å². The van der Waals surface area contributed by atoms with Gasteiger partial charge in [0.2, 0.25) is 0 Å². The Labute approximate surface area is 94.1 Å². The molecule has 0 aromatic heterocycles. The van der Waals surface area contributed by atoms with Gasteiger partial charge in [0.15, 0.2) is 0 Å². The Morgan fingerprint density at radius 2 is 1.67 bits per heavy atom. The van der Waals surface area contributed by atoms with Crippen molar-refractivity contribution in [3.8, 4) is 0 Å². The van der Waals surface area contributed by atoms with E-state index in [1.807, 2.05) is 0 Å². The van der Waals surface area contributed by atoms with E-state index in [0.717, 1.165) is 6.54 Å². The molecule has 0 aliphatic rings. The summed E-state index contributed by atoms with van der Waals surface area (Å²) in [5, 5.41) is 0. The molecule has 1 heteroatoms. The zero-order chi connectivity index (χ0) is 11.3. The molecule has 0 unspecified atom stereocenters. The van der Waals surface area contributed by atoms with Crippen molar-refractivity contribution in [2.24, 2.45) is 0 Å². The number of benzene rings is 1. The highest BCUT2D eigenvalue weighted by atomic mass is 15.2. The van der Waals surface area contributed by atoms with Gasteiger partial charge < -0.3 is 0 Å². The Bertz CT molecular complexity index is 271. The lowest BCUT2D eigenvalue weighted by atomic mass is 10.0. The van der Waals surface area contributed by atoms with Crippen LogP contribution in [-0.4, -0.2) is 17.0 Å². The van der Waals surface area contributed by atoms with Gasteiger partial charge in [-0.25, -0.2) is 0 Å². The van der Waals surface area contributed by atoms with E-state index in [1.165, 1.54) is 18.5 Å². The van der Waals surface area contributed by atoms with Gasteiger partial charge in [0, 0.05) is 12.1 Å². The Hall–Kier alpha value is -0.820. The summed E-state index contributed by atoms with van der Waals surface area (Å²) >= 11 is 0. The zero-order valence-electron chi connectivity index (χ0n) is 10.5. The van der Waals surface area contributed by atoms with E-state index >= 15 is 0 Å². The smallest absolute Gasteiger partial charge is 0.0238 e. The van der Waals surface area contributed by atoms with Crippen LogP contribution < -0.4 is 0 Å². The third-order valence-corrected chi connectivity index (χ3v) is 2.66. The summed E-state index contributed by atoms with van der Waals surface area (Å²) in [5.74, 6) is 0. The van der Waals surface area contributed by atoms with Crippen LogP contribution in [-0.2, 0) is 6.54 Å². The molecule has 0 aliphatic carbocycles. The normalized spacial score (nSPS) is 12.1. The minimum atomic E-state index is 0.256. The van der Waals surface area contributed by atoms with Crippen LogP contribution in [0.3, 0.4) is 0 Å². The van der Waals surface area contributed by atoms with Crippen molar-refractivity contribution in [2.75, 3.05) is 6.54 Å². The van der Waals surface area contributed by atoms with Crippen molar-refractivity contribution in [3.05, 3.63) is 35.9 Å². The standard InChI is InChI=1S/C14H23N/c1-5-11-15(14(2,3)4)12-13-9-7-6-8-10-13/h6-10H,5,11-12H2,1-4H3. The van der Waals surface area contributed by atoms with Gasteiger partial charge in [-0.05, 0) is 39.3 Å². The van der Waals surface area contributed by atoms with Crippen LogP contribution in [0.15, 0.2) is 30.3 Å². The van der Waals surface area contributed by atoms with Crippen molar-refractivity contribution in [1.82, 2.24) is 4.90 Å². The van der Waals surface area contributed by atoms with Crippen LogP contribution >= 0.6 is 0 Å². The molecule has 1 aromatic rings. The molecule has 0 heterocycles. The molecule has 0 atom stereocenters. The third-order valence-electron chi connectivity index (χ3n) is 2.66. The van der Waals surface area contributed by atoms with E-state index < -0.39 is 0 Å². The van der Waals surface area contributed by atoms with Crippen molar-refractivity contribution in [2.45, 2.75) is 46.2 Å². The van der Waals surface area contributed by atoms with Crippen LogP contribution in [0.5, 0.6) is 0 Å². The van der Waals surface area contributed by atoms with E-state index in [4.69, 9.17) is 0 Å². The first-order chi connectivity index (χ1) is 7.04. The molecule has 0 amide bonds. The molecule has 0 aliphatic heterocycles. The van der Waals surface area contributed by atoms with E-state index in [2.05, 4.69) is 62.9 Å². The van der Waals surface area contributed by atoms with E-state index in [9.17, 15) is 0 Å². The Morgan fingerprint density at radius 1 is 1.07 bits per heavy atom. The van der Waals surface area contributed by atoms with E-state index in [0.29, 0.717) is 0 Å². The highest BCUT2D eigenvalue weighted by Gasteiger charge is 2.19. The van der Waals surface area contributed by atoms with Crippen molar-refractivity contribution in [3.63, 3.8) is 0 Å². The van der Waals surface area contributed by atoms with Gasteiger partial charge >= 0.3 is 0 Å². The fourth-order valence-corrected chi connectivity index (χ4v) is 1.73. The summed E-state index contributed by atoms with van der Waals surface area (Å²) in [6.07, 6.45) is 1.21. The second kappa shape index (κ2) is 5.32.